The fraction of sp³-hybridized carbons (Fsp3) is 0.0556. The van der Waals surface area contributed by atoms with Crippen molar-refractivity contribution in [3.8, 4) is 5.69 Å². The Morgan fingerprint density at radius 3 is 2.36 bits per heavy atom. The maximum atomic E-state index is 12.5. The number of carbonyl (C=O) groups excluding carboxylic acids is 2. The van der Waals surface area contributed by atoms with Gasteiger partial charge in [0.2, 0.25) is 5.78 Å². The van der Waals surface area contributed by atoms with E-state index in [0.29, 0.717) is 11.8 Å². The van der Waals surface area contributed by atoms with Crippen molar-refractivity contribution in [2.75, 3.05) is 0 Å². The Labute approximate surface area is 128 Å². The first kappa shape index (κ1) is 13.9. The number of benzene rings is 2. The van der Waals surface area contributed by atoms with Gasteiger partial charge in [-0.1, -0.05) is 48.0 Å². The van der Waals surface area contributed by atoms with Gasteiger partial charge in [-0.05, 0) is 19.1 Å². The molecule has 2 aromatic carbocycles. The van der Waals surface area contributed by atoms with Crippen LogP contribution >= 0.6 is 0 Å². The molecule has 1 aromatic heterocycles. The monoisotopic (exact) mass is 290 g/mol. The smallest absolute Gasteiger partial charge is 0.213 e. The van der Waals surface area contributed by atoms with Crippen LogP contribution in [0, 0.1) is 6.92 Å². The Bertz CT molecular complexity index is 818. The summed E-state index contributed by atoms with van der Waals surface area (Å²) in [6, 6.07) is 16.5. The molecule has 108 valence electrons. The van der Waals surface area contributed by atoms with Crippen LogP contribution < -0.4 is 0 Å². The predicted molar refractivity (Wildman–Crippen MR) is 83.6 cm³/mol. The fourth-order valence-electron chi connectivity index (χ4n) is 2.21. The number of aromatic nitrogens is 2. The first-order valence-electron chi connectivity index (χ1n) is 6.90. The molecule has 0 aliphatic rings. The molecule has 0 atom stereocenters. The van der Waals surface area contributed by atoms with Crippen LogP contribution in [0.2, 0.25) is 0 Å². The van der Waals surface area contributed by atoms with E-state index in [1.165, 1.54) is 0 Å². The molecule has 0 saturated carbocycles. The SMILES string of the molecule is Cc1ccc(-n2cc(C=O)c(C(=O)c3ccccc3)n2)cc1. The normalized spacial score (nSPS) is 10.4. The van der Waals surface area contributed by atoms with E-state index in [0.717, 1.165) is 11.3 Å². The first-order valence-corrected chi connectivity index (χ1v) is 6.90. The highest BCUT2D eigenvalue weighted by molar-refractivity contribution is 6.11. The summed E-state index contributed by atoms with van der Waals surface area (Å²) in [4.78, 5) is 23.7. The van der Waals surface area contributed by atoms with Gasteiger partial charge >= 0.3 is 0 Å². The summed E-state index contributed by atoms with van der Waals surface area (Å²) >= 11 is 0. The van der Waals surface area contributed by atoms with E-state index < -0.39 is 0 Å². The molecule has 22 heavy (non-hydrogen) atoms. The first-order chi connectivity index (χ1) is 10.7. The third-order valence-electron chi connectivity index (χ3n) is 3.42. The van der Waals surface area contributed by atoms with Crippen molar-refractivity contribution in [1.82, 2.24) is 9.78 Å². The van der Waals surface area contributed by atoms with Crippen molar-refractivity contribution >= 4 is 12.1 Å². The lowest BCUT2D eigenvalue weighted by atomic mass is 10.1. The molecule has 0 N–H and O–H groups in total. The van der Waals surface area contributed by atoms with Crippen LogP contribution in [0.1, 0.15) is 32.0 Å². The summed E-state index contributed by atoms with van der Waals surface area (Å²) in [6.45, 7) is 1.99. The number of rotatable bonds is 4. The molecule has 0 amide bonds. The van der Waals surface area contributed by atoms with Crippen LogP contribution in [0.5, 0.6) is 0 Å². The Hall–Kier alpha value is -3.01. The molecule has 1 heterocycles. The minimum absolute atomic E-state index is 0.168. The van der Waals surface area contributed by atoms with Gasteiger partial charge in [-0.2, -0.15) is 5.10 Å². The van der Waals surface area contributed by atoms with E-state index in [1.807, 2.05) is 37.3 Å². The second-order valence-corrected chi connectivity index (χ2v) is 5.03. The number of ketones is 1. The van der Waals surface area contributed by atoms with Crippen LogP contribution in [-0.4, -0.2) is 21.8 Å². The number of aryl methyl sites for hydroxylation is 1. The molecule has 4 nitrogen and oxygen atoms in total. The van der Waals surface area contributed by atoms with Gasteiger partial charge in [0.1, 0.15) is 5.69 Å². The molecule has 0 spiro atoms. The van der Waals surface area contributed by atoms with Crippen molar-refractivity contribution in [1.29, 1.82) is 0 Å². The Balaban J connectivity index is 2.04. The van der Waals surface area contributed by atoms with Gasteiger partial charge in [-0.15, -0.1) is 0 Å². The van der Waals surface area contributed by atoms with Crippen LogP contribution in [0.3, 0.4) is 0 Å². The molecule has 4 heteroatoms. The summed E-state index contributed by atoms with van der Waals surface area (Å²) in [7, 11) is 0. The molecular weight excluding hydrogens is 276 g/mol. The van der Waals surface area contributed by atoms with E-state index in [4.69, 9.17) is 0 Å². The lowest BCUT2D eigenvalue weighted by Gasteiger charge is -2.01. The van der Waals surface area contributed by atoms with E-state index in [9.17, 15) is 9.59 Å². The average molecular weight is 290 g/mol. The lowest BCUT2D eigenvalue weighted by molar-refractivity contribution is 0.102. The Kier molecular flexibility index (Phi) is 3.66. The molecule has 0 fully saturated rings. The number of aldehydes is 1. The molecule has 0 aliphatic heterocycles. The summed E-state index contributed by atoms with van der Waals surface area (Å²) in [5, 5.41) is 4.29. The second kappa shape index (κ2) is 5.77. The molecule has 0 bridgehead atoms. The third kappa shape index (κ3) is 2.59. The number of hydrogen-bond acceptors (Lipinski definition) is 3. The minimum Gasteiger partial charge on any atom is -0.298 e. The summed E-state index contributed by atoms with van der Waals surface area (Å²) in [5.41, 5.74) is 2.91. The second-order valence-electron chi connectivity index (χ2n) is 5.03. The highest BCUT2D eigenvalue weighted by Gasteiger charge is 2.18. The molecular formula is C18H14N2O2. The topological polar surface area (TPSA) is 52.0 Å². The molecule has 0 radical (unpaired) electrons. The largest absolute Gasteiger partial charge is 0.298 e. The lowest BCUT2D eigenvalue weighted by Crippen LogP contribution is -2.05. The van der Waals surface area contributed by atoms with Crippen LogP contribution in [0.15, 0.2) is 60.8 Å². The number of nitrogens with zero attached hydrogens (tertiary/aromatic N) is 2. The van der Waals surface area contributed by atoms with Crippen LogP contribution in [0.4, 0.5) is 0 Å². The van der Waals surface area contributed by atoms with Gasteiger partial charge in [0.15, 0.2) is 6.29 Å². The third-order valence-corrected chi connectivity index (χ3v) is 3.42. The van der Waals surface area contributed by atoms with Gasteiger partial charge < -0.3 is 0 Å². The maximum absolute atomic E-state index is 12.5. The molecule has 0 unspecified atom stereocenters. The minimum atomic E-state index is -0.256. The quantitative estimate of drug-likeness (QED) is 0.547. The van der Waals surface area contributed by atoms with E-state index in [-0.39, 0.29) is 17.0 Å². The van der Waals surface area contributed by atoms with Gasteiger partial charge in [-0.3, -0.25) is 9.59 Å². The average Bonchev–Trinajstić information content (AvgIpc) is 3.00. The van der Waals surface area contributed by atoms with Crippen molar-refractivity contribution in [3.63, 3.8) is 0 Å². The van der Waals surface area contributed by atoms with Crippen molar-refractivity contribution in [3.05, 3.63) is 83.2 Å². The zero-order valence-electron chi connectivity index (χ0n) is 12.1. The maximum Gasteiger partial charge on any atom is 0.213 e. The van der Waals surface area contributed by atoms with Gasteiger partial charge in [-0.25, -0.2) is 4.68 Å². The Morgan fingerprint density at radius 2 is 1.73 bits per heavy atom. The van der Waals surface area contributed by atoms with Crippen molar-refractivity contribution in [2.45, 2.75) is 6.92 Å². The van der Waals surface area contributed by atoms with Gasteiger partial charge in [0.05, 0.1) is 11.3 Å². The molecule has 3 aromatic rings. The van der Waals surface area contributed by atoms with E-state index >= 15 is 0 Å². The highest BCUT2D eigenvalue weighted by atomic mass is 16.1. The summed E-state index contributed by atoms with van der Waals surface area (Å²) < 4.78 is 1.55. The zero-order chi connectivity index (χ0) is 15.5. The number of hydrogen-bond donors (Lipinski definition) is 0. The van der Waals surface area contributed by atoms with Crippen LogP contribution in [-0.2, 0) is 0 Å². The van der Waals surface area contributed by atoms with E-state index in [1.54, 1.807) is 35.1 Å². The summed E-state index contributed by atoms with van der Waals surface area (Å²) in [6.07, 6.45) is 2.24. The molecule has 0 aliphatic carbocycles. The standard InChI is InChI=1S/C18H14N2O2/c1-13-7-9-16(10-8-13)20-11-15(12-21)17(19-20)18(22)14-5-3-2-4-6-14/h2-12H,1H3. The number of carbonyl (C=O) groups is 2. The molecule has 3 rings (SSSR count). The van der Waals surface area contributed by atoms with Gasteiger partial charge in [0.25, 0.3) is 0 Å². The van der Waals surface area contributed by atoms with Crippen molar-refractivity contribution < 1.29 is 9.59 Å². The van der Waals surface area contributed by atoms with Crippen LogP contribution in [0.25, 0.3) is 5.69 Å². The predicted octanol–water partition coefficient (Wildman–Crippen LogP) is 3.22. The summed E-state index contributed by atoms with van der Waals surface area (Å²) in [5.74, 6) is -0.256. The van der Waals surface area contributed by atoms with E-state index in [2.05, 4.69) is 5.10 Å². The van der Waals surface area contributed by atoms with Gasteiger partial charge in [0, 0.05) is 11.8 Å². The Morgan fingerprint density at radius 1 is 1.05 bits per heavy atom. The highest BCUT2D eigenvalue weighted by Crippen LogP contribution is 2.15. The fourth-order valence-corrected chi connectivity index (χ4v) is 2.21. The zero-order valence-corrected chi connectivity index (χ0v) is 12.1. The van der Waals surface area contributed by atoms with Crippen molar-refractivity contribution in [2.24, 2.45) is 0 Å². The molecule has 0 saturated heterocycles.